The van der Waals surface area contributed by atoms with Gasteiger partial charge in [-0.25, -0.2) is 4.79 Å². The Morgan fingerprint density at radius 1 is 1.60 bits per heavy atom. The molecule has 0 unspecified atom stereocenters. The molecule has 0 bridgehead atoms. The van der Waals surface area contributed by atoms with Gasteiger partial charge in [0.25, 0.3) is 0 Å². The van der Waals surface area contributed by atoms with E-state index >= 15 is 0 Å². The molecule has 0 radical (unpaired) electrons. The molecule has 0 spiro atoms. The summed E-state index contributed by atoms with van der Waals surface area (Å²) in [6.45, 7) is 0.694. The topological polar surface area (TPSA) is 84.6 Å². The normalized spacial score (nSPS) is 6.90. The number of nitrogens with one attached hydrogen (secondary N) is 1. The van der Waals surface area contributed by atoms with Gasteiger partial charge in [-0.3, -0.25) is 0 Å². The summed E-state index contributed by atoms with van der Waals surface area (Å²) < 4.78 is 0. The van der Waals surface area contributed by atoms with Crippen molar-refractivity contribution in [3.8, 4) is 0 Å². The van der Waals surface area contributed by atoms with Gasteiger partial charge in [0.15, 0.2) is 0 Å². The van der Waals surface area contributed by atoms with Gasteiger partial charge in [0.2, 0.25) is 0 Å². The van der Waals surface area contributed by atoms with Crippen LogP contribution in [0.25, 0.3) is 0 Å². The summed E-state index contributed by atoms with van der Waals surface area (Å²) in [6, 6.07) is 0. The monoisotopic (exact) mass is 168 g/mol. The SMILES string of the molecule is NCCNOC(=O)O.[NaH].[NaH]. The zero-order valence-electron chi connectivity index (χ0n) is 4.26. The summed E-state index contributed by atoms with van der Waals surface area (Å²) in [7, 11) is 0. The Balaban J connectivity index is -0.000000245. The molecule has 0 atom stereocenters. The van der Waals surface area contributed by atoms with Gasteiger partial charge in [0.05, 0.1) is 0 Å². The summed E-state index contributed by atoms with van der Waals surface area (Å²) in [5, 5.41) is 7.81. The molecule has 0 aliphatic carbocycles. The Hall–Kier alpha value is 1.19. The molecular formula is C3H10N2Na2O3. The van der Waals surface area contributed by atoms with Crippen molar-refractivity contribution < 1.29 is 14.7 Å². The minimum atomic E-state index is -1.35. The van der Waals surface area contributed by atoms with Crippen LogP contribution in [0.5, 0.6) is 0 Å². The molecule has 0 heterocycles. The number of carbonyl (C=O) groups is 1. The van der Waals surface area contributed by atoms with Crippen molar-refractivity contribution in [1.29, 1.82) is 0 Å². The van der Waals surface area contributed by atoms with E-state index in [1.54, 1.807) is 0 Å². The molecule has 7 heteroatoms. The average molecular weight is 168 g/mol. The van der Waals surface area contributed by atoms with Crippen LogP contribution in [0.15, 0.2) is 0 Å². The summed E-state index contributed by atoms with van der Waals surface area (Å²) in [5.41, 5.74) is 7.09. The van der Waals surface area contributed by atoms with Crippen LogP contribution in [-0.2, 0) is 4.84 Å². The fourth-order valence-corrected chi connectivity index (χ4v) is 0.172. The van der Waals surface area contributed by atoms with Gasteiger partial charge in [0.1, 0.15) is 0 Å². The second-order valence-electron chi connectivity index (χ2n) is 1.05. The molecule has 0 aromatic heterocycles. The van der Waals surface area contributed by atoms with Crippen molar-refractivity contribution in [2.45, 2.75) is 0 Å². The van der Waals surface area contributed by atoms with E-state index in [1.807, 2.05) is 0 Å². The van der Waals surface area contributed by atoms with E-state index in [-0.39, 0.29) is 59.1 Å². The van der Waals surface area contributed by atoms with E-state index in [0.29, 0.717) is 13.1 Å². The molecule has 4 N–H and O–H groups in total. The molecule has 52 valence electrons. The Bertz CT molecular complexity index is 82.1. The Morgan fingerprint density at radius 2 is 2.10 bits per heavy atom. The molecule has 0 amide bonds. The Kier molecular flexibility index (Phi) is 22.2. The second-order valence-corrected chi connectivity index (χ2v) is 1.05. The number of carboxylic acid groups (broad SMARTS) is 1. The van der Waals surface area contributed by atoms with Gasteiger partial charge < -0.3 is 15.7 Å². The number of rotatable bonds is 3. The molecule has 0 fully saturated rings. The van der Waals surface area contributed by atoms with Gasteiger partial charge in [-0.05, 0) is 0 Å². The van der Waals surface area contributed by atoms with E-state index in [4.69, 9.17) is 10.8 Å². The maximum absolute atomic E-state index is 9.55. The predicted molar refractivity (Wildman–Crippen MR) is 40.5 cm³/mol. The fourth-order valence-electron chi connectivity index (χ4n) is 0.172. The number of hydroxylamine groups is 1. The summed E-state index contributed by atoms with van der Waals surface area (Å²) in [4.78, 5) is 13.4. The second kappa shape index (κ2) is 12.8. The third kappa shape index (κ3) is 16.1. The summed E-state index contributed by atoms with van der Waals surface area (Å²) >= 11 is 0. The molecule has 0 aromatic carbocycles. The van der Waals surface area contributed by atoms with Crippen LogP contribution in [0.1, 0.15) is 0 Å². The van der Waals surface area contributed by atoms with E-state index in [0.717, 1.165) is 0 Å². The molecule has 0 aromatic rings. The van der Waals surface area contributed by atoms with Gasteiger partial charge >= 0.3 is 65.3 Å². The van der Waals surface area contributed by atoms with Crippen LogP contribution in [-0.4, -0.2) is 83.5 Å². The van der Waals surface area contributed by atoms with E-state index in [1.165, 1.54) is 0 Å². The summed E-state index contributed by atoms with van der Waals surface area (Å²) in [5.74, 6) is 0. The Labute approximate surface area is 103 Å². The molecular weight excluding hydrogens is 158 g/mol. The maximum atomic E-state index is 9.55. The average Bonchev–Trinajstić information content (AvgIpc) is 1.66. The first-order valence-electron chi connectivity index (χ1n) is 2.10. The molecule has 0 aliphatic heterocycles. The van der Waals surface area contributed by atoms with Gasteiger partial charge in [-0.1, -0.05) is 0 Å². The molecule has 0 rings (SSSR count). The third-order valence-corrected chi connectivity index (χ3v) is 0.406. The number of nitrogens with two attached hydrogens (primary N) is 1. The van der Waals surface area contributed by atoms with Crippen molar-refractivity contribution in [3.05, 3.63) is 0 Å². The first-order chi connectivity index (χ1) is 3.77. The van der Waals surface area contributed by atoms with Crippen molar-refractivity contribution in [3.63, 3.8) is 0 Å². The number of hydrogen-bond donors (Lipinski definition) is 3. The predicted octanol–water partition coefficient (Wildman–Crippen LogP) is -2.15. The van der Waals surface area contributed by atoms with Gasteiger partial charge in [-0.2, -0.15) is 0 Å². The molecule has 10 heavy (non-hydrogen) atoms. The molecule has 0 saturated heterocycles. The van der Waals surface area contributed by atoms with Crippen LogP contribution in [0.2, 0.25) is 0 Å². The minimum absolute atomic E-state index is 0. The van der Waals surface area contributed by atoms with Crippen LogP contribution < -0.4 is 11.2 Å². The zero-order chi connectivity index (χ0) is 6.41. The molecule has 0 saturated carbocycles. The third-order valence-electron chi connectivity index (χ3n) is 0.406. The van der Waals surface area contributed by atoms with Crippen LogP contribution >= 0.6 is 0 Å². The zero-order valence-corrected chi connectivity index (χ0v) is 4.26. The van der Waals surface area contributed by atoms with Crippen LogP contribution in [0, 0.1) is 0 Å². The van der Waals surface area contributed by atoms with Gasteiger partial charge in [-0.15, -0.1) is 5.48 Å². The van der Waals surface area contributed by atoms with E-state index in [2.05, 4.69) is 10.3 Å². The Morgan fingerprint density at radius 3 is 2.40 bits per heavy atom. The standard InChI is InChI=1S/C3H8N2O3.2Na.2H/c4-1-2-5-8-3(6)7;;;;/h5H,1-2,4H2,(H,6,7);;;;. The molecule has 0 aliphatic rings. The van der Waals surface area contributed by atoms with Crippen molar-refractivity contribution in [1.82, 2.24) is 5.48 Å². The van der Waals surface area contributed by atoms with Crippen molar-refractivity contribution in [2.75, 3.05) is 13.1 Å². The molecule has 5 nitrogen and oxygen atoms in total. The summed E-state index contributed by atoms with van der Waals surface area (Å²) in [6.07, 6.45) is -1.35. The fraction of sp³-hybridized carbons (Fsp3) is 0.667. The number of hydrogen-bond acceptors (Lipinski definition) is 4. The van der Waals surface area contributed by atoms with Crippen molar-refractivity contribution in [2.24, 2.45) is 5.73 Å². The van der Waals surface area contributed by atoms with Crippen LogP contribution in [0.3, 0.4) is 0 Å². The first kappa shape index (κ1) is 17.3. The van der Waals surface area contributed by atoms with Crippen molar-refractivity contribution >= 4 is 65.3 Å². The first-order valence-corrected chi connectivity index (χ1v) is 2.10. The van der Waals surface area contributed by atoms with Gasteiger partial charge in [0, 0.05) is 13.1 Å². The van der Waals surface area contributed by atoms with E-state index < -0.39 is 6.16 Å². The van der Waals surface area contributed by atoms with E-state index in [9.17, 15) is 4.79 Å². The quantitative estimate of drug-likeness (QED) is 0.254. The van der Waals surface area contributed by atoms with Crippen LogP contribution in [0.4, 0.5) is 4.79 Å².